The Kier molecular flexibility index (Phi) is 4.79. The van der Waals surface area contributed by atoms with Crippen molar-refractivity contribution in [1.29, 1.82) is 0 Å². The molecule has 0 amide bonds. The van der Waals surface area contributed by atoms with E-state index in [1.165, 1.54) is 0 Å². The first kappa shape index (κ1) is 16.8. The highest BCUT2D eigenvalue weighted by Crippen LogP contribution is 2.37. The van der Waals surface area contributed by atoms with E-state index >= 15 is 0 Å². The van der Waals surface area contributed by atoms with Gasteiger partial charge in [0, 0.05) is 11.6 Å². The summed E-state index contributed by atoms with van der Waals surface area (Å²) in [5.74, 6) is 0. The summed E-state index contributed by atoms with van der Waals surface area (Å²) < 4.78 is 0. The van der Waals surface area contributed by atoms with Gasteiger partial charge < -0.3 is 0 Å². The summed E-state index contributed by atoms with van der Waals surface area (Å²) in [5, 5.41) is 11.1. The molecule has 4 heteroatoms. The van der Waals surface area contributed by atoms with Crippen LogP contribution in [0.1, 0.15) is 12.6 Å². The van der Waals surface area contributed by atoms with Crippen molar-refractivity contribution in [2.24, 2.45) is 15.2 Å². The number of fused-ring (bicyclic) bond motifs is 1. The number of hydrogen-bond donors (Lipinski definition) is 0. The maximum absolute atomic E-state index is 4.79. The lowest BCUT2D eigenvalue weighted by molar-refractivity contribution is 1.23. The Bertz CT molecular complexity index is 1120. The Morgan fingerprint density at radius 1 is 0.741 bits per heavy atom. The molecule has 0 unspecified atom stereocenters. The van der Waals surface area contributed by atoms with E-state index < -0.39 is 0 Å². The molecule has 0 aliphatic rings. The first-order valence-electron chi connectivity index (χ1n) is 8.76. The van der Waals surface area contributed by atoms with E-state index in [-0.39, 0.29) is 0 Å². The molecule has 0 spiro atoms. The molecule has 1 heterocycles. The summed E-state index contributed by atoms with van der Waals surface area (Å²) in [5.41, 5.74) is 4.02. The van der Waals surface area contributed by atoms with Gasteiger partial charge in [-0.25, -0.2) is 4.99 Å². The van der Waals surface area contributed by atoms with E-state index in [1.807, 2.05) is 79.7 Å². The summed E-state index contributed by atoms with van der Waals surface area (Å²) in [7, 11) is 0. The van der Waals surface area contributed by atoms with Crippen molar-refractivity contribution >= 4 is 33.5 Å². The Hall–Kier alpha value is -3.66. The van der Waals surface area contributed by atoms with E-state index in [4.69, 9.17) is 4.99 Å². The molecule has 1 aromatic heterocycles. The third-order valence-corrected chi connectivity index (χ3v) is 4.22. The molecule has 0 atom stereocenters. The Labute approximate surface area is 158 Å². The van der Waals surface area contributed by atoms with Gasteiger partial charge in [0.15, 0.2) is 0 Å². The smallest absolute Gasteiger partial charge is 0.119 e. The maximum Gasteiger partial charge on any atom is 0.119 e. The third kappa shape index (κ3) is 3.80. The minimum Gasteiger partial charge on any atom is -0.255 e. The van der Waals surface area contributed by atoms with Gasteiger partial charge in [0.25, 0.3) is 0 Å². The summed E-state index contributed by atoms with van der Waals surface area (Å²) >= 11 is 0. The fourth-order valence-electron chi connectivity index (χ4n) is 2.86. The molecule has 0 fully saturated rings. The predicted molar refractivity (Wildman–Crippen MR) is 111 cm³/mol. The minimum absolute atomic E-state index is 0.757. The van der Waals surface area contributed by atoms with Crippen LogP contribution in [-0.2, 0) is 0 Å². The zero-order chi connectivity index (χ0) is 18.5. The highest BCUT2D eigenvalue weighted by Gasteiger charge is 2.08. The molecule has 130 valence electrons. The number of aromatic nitrogens is 1. The van der Waals surface area contributed by atoms with Gasteiger partial charge in [-0.15, -0.1) is 5.11 Å². The van der Waals surface area contributed by atoms with Crippen LogP contribution in [0.5, 0.6) is 0 Å². The third-order valence-electron chi connectivity index (χ3n) is 4.22. The molecule has 27 heavy (non-hydrogen) atoms. The molecule has 4 rings (SSSR count). The Balaban J connectivity index is 1.84. The van der Waals surface area contributed by atoms with Gasteiger partial charge in [-0.3, -0.25) is 4.98 Å². The summed E-state index contributed by atoms with van der Waals surface area (Å²) in [6.07, 6.45) is 1.77. The number of benzene rings is 3. The molecule has 0 radical (unpaired) electrons. The van der Waals surface area contributed by atoms with E-state index in [0.29, 0.717) is 0 Å². The fourth-order valence-corrected chi connectivity index (χ4v) is 2.86. The van der Waals surface area contributed by atoms with Crippen molar-refractivity contribution in [1.82, 2.24) is 4.98 Å². The van der Waals surface area contributed by atoms with Crippen molar-refractivity contribution in [3.05, 3.63) is 96.8 Å². The van der Waals surface area contributed by atoms with E-state index in [0.717, 1.165) is 39.2 Å². The Morgan fingerprint density at radius 3 is 2.33 bits per heavy atom. The van der Waals surface area contributed by atoms with Gasteiger partial charge in [-0.05, 0) is 42.6 Å². The number of azo groups is 1. The molecule has 0 saturated carbocycles. The molecular weight excluding hydrogens is 332 g/mol. The highest BCUT2D eigenvalue weighted by molar-refractivity contribution is 6.03. The number of aliphatic imine (C=N–C) groups is 1. The van der Waals surface area contributed by atoms with Gasteiger partial charge in [-0.2, -0.15) is 5.11 Å². The lowest BCUT2D eigenvalue weighted by atomic mass is 10.1. The molecule has 4 aromatic rings. The minimum atomic E-state index is 0.757. The second-order valence-electron chi connectivity index (χ2n) is 6.10. The Morgan fingerprint density at radius 2 is 1.52 bits per heavy atom. The van der Waals surface area contributed by atoms with Crippen LogP contribution in [0, 0.1) is 0 Å². The summed E-state index contributed by atoms with van der Waals surface area (Å²) in [6.45, 7) is 1.95. The van der Waals surface area contributed by atoms with Crippen LogP contribution in [-0.4, -0.2) is 10.7 Å². The SMILES string of the molecule is CC(=Nc1ccc2ccccc2c1N=Nc1ccccc1)c1ccccn1. The normalized spacial score (nSPS) is 12.0. The van der Waals surface area contributed by atoms with Crippen molar-refractivity contribution in [2.45, 2.75) is 6.92 Å². The van der Waals surface area contributed by atoms with E-state index in [9.17, 15) is 0 Å². The molecule has 0 bridgehead atoms. The van der Waals surface area contributed by atoms with Crippen molar-refractivity contribution < 1.29 is 0 Å². The van der Waals surface area contributed by atoms with Crippen molar-refractivity contribution in [3.63, 3.8) is 0 Å². The average molecular weight is 350 g/mol. The molecule has 0 saturated heterocycles. The number of nitrogens with zero attached hydrogens (tertiary/aromatic N) is 4. The quantitative estimate of drug-likeness (QED) is 0.295. The van der Waals surface area contributed by atoms with Gasteiger partial charge in [-0.1, -0.05) is 54.6 Å². The van der Waals surface area contributed by atoms with Crippen LogP contribution < -0.4 is 0 Å². The summed E-state index contributed by atoms with van der Waals surface area (Å²) in [6, 6.07) is 27.7. The van der Waals surface area contributed by atoms with Crippen molar-refractivity contribution in [2.75, 3.05) is 0 Å². The zero-order valence-electron chi connectivity index (χ0n) is 14.9. The molecule has 0 N–H and O–H groups in total. The number of rotatable bonds is 4. The van der Waals surface area contributed by atoms with Crippen molar-refractivity contribution in [3.8, 4) is 0 Å². The molecule has 0 aliphatic carbocycles. The maximum atomic E-state index is 4.79. The lowest BCUT2D eigenvalue weighted by Crippen LogP contribution is -1.96. The summed E-state index contributed by atoms with van der Waals surface area (Å²) in [4.78, 5) is 9.17. The second kappa shape index (κ2) is 7.70. The molecule has 3 aromatic carbocycles. The fraction of sp³-hybridized carbons (Fsp3) is 0.0435. The van der Waals surface area contributed by atoms with Crippen LogP contribution in [0.15, 0.2) is 106 Å². The van der Waals surface area contributed by atoms with Crippen LogP contribution in [0.2, 0.25) is 0 Å². The molecular formula is C23H18N4. The van der Waals surface area contributed by atoms with Gasteiger partial charge in [0.05, 0.1) is 22.8 Å². The zero-order valence-corrected chi connectivity index (χ0v) is 14.9. The predicted octanol–water partition coefficient (Wildman–Crippen LogP) is 6.79. The largest absolute Gasteiger partial charge is 0.255 e. The van der Waals surface area contributed by atoms with Crippen LogP contribution in [0.25, 0.3) is 10.8 Å². The van der Waals surface area contributed by atoms with Gasteiger partial charge in [0.1, 0.15) is 5.69 Å². The van der Waals surface area contributed by atoms with Gasteiger partial charge in [0.2, 0.25) is 0 Å². The lowest BCUT2D eigenvalue weighted by Gasteiger charge is -2.07. The van der Waals surface area contributed by atoms with E-state index in [1.54, 1.807) is 6.20 Å². The van der Waals surface area contributed by atoms with Crippen LogP contribution >= 0.6 is 0 Å². The van der Waals surface area contributed by atoms with Gasteiger partial charge >= 0.3 is 0 Å². The van der Waals surface area contributed by atoms with Crippen LogP contribution in [0.4, 0.5) is 17.1 Å². The van der Waals surface area contributed by atoms with E-state index in [2.05, 4.69) is 27.3 Å². The first-order chi connectivity index (χ1) is 13.3. The molecule has 4 nitrogen and oxygen atoms in total. The first-order valence-corrected chi connectivity index (χ1v) is 8.76. The second-order valence-corrected chi connectivity index (χ2v) is 6.10. The van der Waals surface area contributed by atoms with Crippen LogP contribution in [0.3, 0.4) is 0 Å². The average Bonchev–Trinajstić information content (AvgIpc) is 2.74. The highest BCUT2D eigenvalue weighted by atomic mass is 15.1. The monoisotopic (exact) mass is 350 g/mol. The number of hydrogen-bond acceptors (Lipinski definition) is 4. The standard InChI is InChI=1S/C23H18N4/c1-17(21-13-7-8-16-24-21)25-22-15-14-18-9-5-6-12-20(18)23(22)27-26-19-10-3-2-4-11-19/h2-16H,1H3. The topological polar surface area (TPSA) is 50.0 Å². The number of pyridine rings is 1. The molecule has 0 aliphatic heterocycles.